The van der Waals surface area contributed by atoms with E-state index in [1.807, 2.05) is 6.07 Å². The fraction of sp³-hybridized carbons (Fsp3) is 0.684. The third-order valence-electron chi connectivity index (χ3n) is 4.59. The Morgan fingerprint density at radius 2 is 1.95 bits per heavy atom. The van der Waals surface area contributed by atoms with Crippen LogP contribution in [0.5, 0.6) is 5.75 Å². The molecule has 1 heteroatoms. The van der Waals surface area contributed by atoms with Gasteiger partial charge in [0.25, 0.3) is 0 Å². The lowest BCUT2D eigenvalue weighted by Crippen LogP contribution is -2.26. The summed E-state index contributed by atoms with van der Waals surface area (Å²) in [5, 5.41) is 10.0. The minimum absolute atomic E-state index is 0.443. The van der Waals surface area contributed by atoms with E-state index in [-0.39, 0.29) is 0 Å². The molecule has 112 valence electrons. The number of phenols is 1. The molecule has 0 aliphatic heterocycles. The molecule has 1 nitrogen and oxygen atoms in total. The average Bonchev–Trinajstić information content (AvgIpc) is 2.28. The van der Waals surface area contributed by atoms with Crippen LogP contribution in [0.4, 0.5) is 0 Å². The maximum Gasteiger partial charge on any atom is 0.118 e. The number of hydrogen-bond donors (Lipinski definition) is 1. The molecule has 0 spiro atoms. The fourth-order valence-electron chi connectivity index (χ4n) is 4.06. The Kier molecular flexibility index (Phi) is 4.46. The van der Waals surface area contributed by atoms with Crippen molar-refractivity contribution in [1.82, 2.24) is 0 Å². The second kappa shape index (κ2) is 5.79. The topological polar surface area (TPSA) is 20.2 Å². The Bertz CT molecular complexity index is 459. The molecule has 1 aliphatic rings. The van der Waals surface area contributed by atoms with Gasteiger partial charge in [-0.1, -0.05) is 46.8 Å². The number of benzene rings is 1. The first-order valence-corrected chi connectivity index (χ1v) is 8.08. The first-order valence-electron chi connectivity index (χ1n) is 8.08. The molecule has 20 heavy (non-hydrogen) atoms. The first-order chi connectivity index (χ1) is 9.27. The molecule has 0 radical (unpaired) electrons. The summed E-state index contributed by atoms with van der Waals surface area (Å²) in [6, 6.07) is 6.30. The van der Waals surface area contributed by atoms with Gasteiger partial charge in [0.15, 0.2) is 0 Å². The van der Waals surface area contributed by atoms with Crippen LogP contribution in [0.25, 0.3) is 0 Å². The van der Waals surface area contributed by atoms with E-state index >= 15 is 0 Å². The van der Waals surface area contributed by atoms with Gasteiger partial charge in [-0.15, -0.1) is 0 Å². The van der Waals surface area contributed by atoms with Crippen LogP contribution in [-0.2, 0) is 6.42 Å². The summed E-state index contributed by atoms with van der Waals surface area (Å²) in [6.45, 7) is 11.6. The van der Waals surface area contributed by atoms with Crippen LogP contribution >= 0.6 is 0 Å². The van der Waals surface area contributed by atoms with Crippen LogP contribution in [-0.4, -0.2) is 5.11 Å². The van der Waals surface area contributed by atoms with E-state index < -0.39 is 0 Å². The molecule has 0 aromatic heterocycles. The van der Waals surface area contributed by atoms with Crippen LogP contribution in [0.2, 0.25) is 0 Å². The first kappa shape index (κ1) is 15.4. The quantitative estimate of drug-likeness (QED) is 0.769. The van der Waals surface area contributed by atoms with Crippen molar-refractivity contribution in [3.63, 3.8) is 0 Å². The molecule has 1 fully saturated rings. The second-order valence-electron chi connectivity index (χ2n) is 8.10. The molecular weight excluding hydrogens is 244 g/mol. The van der Waals surface area contributed by atoms with Crippen molar-refractivity contribution < 1.29 is 5.11 Å². The minimum Gasteiger partial charge on any atom is -0.508 e. The molecule has 0 amide bonds. The Morgan fingerprint density at radius 1 is 1.25 bits per heavy atom. The van der Waals surface area contributed by atoms with Gasteiger partial charge in [-0.05, 0) is 66.0 Å². The third kappa shape index (κ3) is 3.77. The van der Waals surface area contributed by atoms with E-state index in [0.717, 1.165) is 17.9 Å². The average molecular weight is 274 g/mol. The van der Waals surface area contributed by atoms with Gasteiger partial charge in [0.2, 0.25) is 0 Å². The molecule has 2 atom stereocenters. The summed E-state index contributed by atoms with van der Waals surface area (Å²) < 4.78 is 0. The zero-order valence-corrected chi connectivity index (χ0v) is 13.7. The normalized spacial score (nSPS) is 25.9. The van der Waals surface area contributed by atoms with E-state index in [4.69, 9.17) is 0 Å². The molecule has 0 heterocycles. The highest BCUT2D eigenvalue weighted by Crippen LogP contribution is 2.46. The van der Waals surface area contributed by atoms with Gasteiger partial charge in [0.1, 0.15) is 5.75 Å². The summed E-state index contributed by atoms with van der Waals surface area (Å²) in [5.41, 5.74) is 2.99. The predicted octanol–water partition coefficient (Wildman–Crippen LogP) is 5.52. The Hall–Kier alpha value is -0.980. The summed E-state index contributed by atoms with van der Waals surface area (Å²) >= 11 is 0. The van der Waals surface area contributed by atoms with Crippen LogP contribution in [0.3, 0.4) is 0 Å². The second-order valence-corrected chi connectivity index (χ2v) is 8.10. The van der Waals surface area contributed by atoms with E-state index in [9.17, 15) is 5.11 Å². The maximum atomic E-state index is 10.0. The summed E-state index contributed by atoms with van der Waals surface area (Å²) in [7, 11) is 0. The standard InChI is InChI=1S/C19H30O/c1-13(2)8-16-10-15(6-7-18(16)20)17-9-14(3)11-19(4,5)12-17/h6-7,10,13-14,17,20H,8-9,11-12H2,1-5H3. The number of hydrogen-bond acceptors (Lipinski definition) is 1. The molecule has 1 N–H and O–H groups in total. The van der Waals surface area contributed by atoms with E-state index in [1.165, 1.54) is 24.8 Å². The van der Waals surface area contributed by atoms with Gasteiger partial charge in [-0.3, -0.25) is 0 Å². The third-order valence-corrected chi connectivity index (χ3v) is 4.59. The summed E-state index contributed by atoms with van der Waals surface area (Å²) in [5.74, 6) is 2.50. The van der Waals surface area contributed by atoms with Gasteiger partial charge >= 0.3 is 0 Å². The van der Waals surface area contributed by atoms with Crippen molar-refractivity contribution >= 4 is 0 Å². The fourth-order valence-corrected chi connectivity index (χ4v) is 4.06. The van der Waals surface area contributed by atoms with Gasteiger partial charge in [0, 0.05) is 0 Å². The molecule has 2 rings (SSSR count). The van der Waals surface area contributed by atoms with Crippen molar-refractivity contribution in [2.75, 3.05) is 0 Å². The number of rotatable bonds is 3. The van der Waals surface area contributed by atoms with Crippen molar-refractivity contribution in [3.8, 4) is 5.75 Å². The van der Waals surface area contributed by atoms with E-state index in [0.29, 0.717) is 23.0 Å². The number of phenolic OH excluding ortho intramolecular Hbond substituents is 1. The lowest BCUT2D eigenvalue weighted by Gasteiger charge is -2.39. The Morgan fingerprint density at radius 3 is 2.55 bits per heavy atom. The molecule has 1 aliphatic carbocycles. The van der Waals surface area contributed by atoms with Gasteiger partial charge in [0.05, 0.1) is 0 Å². The molecule has 1 aromatic carbocycles. The molecule has 1 aromatic rings. The lowest BCUT2D eigenvalue weighted by molar-refractivity contribution is 0.168. The van der Waals surface area contributed by atoms with Crippen molar-refractivity contribution in [1.29, 1.82) is 0 Å². The summed E-state index contributed by atoms with van der Waals surface area (Å²) in [4.78, 5) is 0. The Labute approximate surface area is 124 Å². The van der Waals surface area contributed by atoms with Gasteiger partial charge < -0.3 is 5.11 Å². The molecule has 1 saturated carbocycles. The van der Waals surface area contributed by atoms with Crippen molar-refractivity contribution in [2.45, 2.75) is 66.2 Å². The number of aromatic hydroxyl groups is 1. The van der Waals surface area contributed by atoms with Gasteiger partial charge in [-0.25, -0.2) is 0 Å². The zero-order valence-electron chi connectivity index (χ0n) is 13.7. The molecule has 0 saturated heterocycles. The Balaban J connectivity index is 2.24. The van der Waals surface area contributed by atoms with Gasteiger partial charge in [-0.2, -0.15) is 0 Å². The van der Waals surface area contributed by atoms with Crippen molar-refractivity contribution in [3.05, 3.63) is 29.3 Å². The molecule has 2 unspecified atom stereocenters. The highest BCUT2D eigenvalue weighted by Gasteiger charge is 2.32. The van der Waals surface area contributed by atoms with Crippen LogP contribution in [0.15, 0.2) is 18.2 Å². The minimum atomic E-state index is 0.443. The SMILES string of the molecule is CC(C)Cc1cc(C2CC(C)CC(C)(C)C2)ccc1O. The highest BCUT2D eigenvalue weighted by atomic mass is 16.3. The smallest absolute Gasteiger partial charge is 0.118 e. The monoisotopic (exact) mass is 274 g/mol. The highest BCUT2D eigenvalue weighted by molar-refractivity contribution is 5.38. The predicted molar refractivity (Wildman–Crippen MR) is 86.2 cm³/mol. The summed E-state index contributed by atoms with van der Waals surface area (Å²) in [6.07, 6.45) is 4.85. The molecular formula is C19H30O. The maximum absolute atomic E-state index is 10.0. The zero-order chi connectivity index (χ0) is 14.9. The van der Waals surface area contributed by atoms with E-state index in [2.05, 4.69) is 46.8 Å². The lowest BCUT2D eigenvalue weighted by atomic mass is 9.66. The van der Waals surface area contributed by atoms with Crippen LogP contribution in [0, 0.1) is 17.3 Å². The van der Waals surface area contributed by atoms with E-state index in [1.54, 1.807) is 0 Å². The molecule has 0 bridgehead atoms. The largest absolute Gasteiger partial charge is 0.508 e. The van der Waals surface area contributed by atoms with Crippen molar-refractivity contribution in [2.24, 2.45) is 17.3 Å². The van der Waals surface area contributed by atoms with Crippen LogP contribution < -0.4 is 0 Å². The van der Waals surface area contributed by atoms with Crippen LogP contribution in [0.1, 0.15) is 70.9 Å².